The monoisotopic (exact) mass is 233 g/mol. The van der Waals surface area contributed by atoms with Gasteiger partial charge in [0.15, 0.2) is 0 Å². The minimum absolute atomic E-state index is 0.948. The molecular weight excluding hydrogens is 210 g/mol. The van der Waals surface area contributed by atoms with E-state index in [1.54, 1.807) is 0 Å². The van der Waals surface area contributed by atoms with Crippen LogP contribution in [-0.4, -0.2) is 45.2 Å². The van der Waals surface area contributed by atoms with Crippen LogP contribution >= 0.6 is 0 Å². The molecule has 1 heterocycles. The van der Waals surface area contributed by atoms with Crippen LogP contribution in [0.2, 0.25) is 0 Å². The van der Waals surface area contributed by atoms with Crippen molar-refractivity contribution in [2.24, 2.45) is 0 Å². The molecule has 3 nitrogen and oxygen atoms in total. The van der Waals surface area contributed by atoms with Crippen molar-refractivity contribution in [1.29, 1.82) is 0 Å². The summed E-state index contributed by atoms with van der Waals surface area (Å²) >= 11 is 0. The highest BCUT2D eigenvalue weighted by atomic mass is 15.2. The van der Waals surface area contributed by atoms with Crippen LogP contribution in [0.3, 0.4) is 0 Å². The van der Waals surface area contributed by atoms with E-state index < -0.39 is 0 Å². The van der Waals surface area contributed by atoms with Crippen molar-refractivity contribution in [3.8, 4) is 0 Å². The third kappa shape index (κ3) is 2.99. The summed E-state index contributed by atoms with van der Waals surface area (Å²) in [4.78, 5) is 4.89. The van der Waals surface area contributed by atoms with Crippen LogP contribution in [0.25, 0.3) is 0 Å². The highest BCUT2D eigenvalue weighted by molar-refractivity contribution is 5.54. The van der Waals surface area contributed by atoms with Gasteiger partial charge in [-0.2, -0.15) is 0 Å². The average molecular weight is 233 g/mol. The minimum atomic E-state index is 0.948. The molecule has 0 amide bonds. The largest absolute Gasteiger partial charge is 0.369 e. The maximum atomic E-state index is 3.20. The van der Waals surface area contributed by atoms with Gasteiger partial charge in [-0.25, -0.2) is 0 Å². The predicted octanol–water partition coefficient (Wildman–Crippen LogP) is 1.47. The van der Waals surface area contributed by atoms with Crippen molar-refractivity contribution in [3.05, 3.63) is 29.3 Å². The Morgan fingerprint density at radius 3 is 2.47 bits per heavy atom. The Hall–Kier alpha value is -1.06. The lowest BCUT2D eigenvalue weighted by molar-refractivity contribution is 0.312. The minimum Gasteiger partial charge on any atom is -0.369 e. The maximum Gasteiger partial charge on any atom is 0.0397 e. The van der Waals surface area contributed by atoms with Crippen LogP contribution in [0.1, 0.15) is 11.1 Å². The van der Waals surface area contributed by atoms with E-state index in [0.29, 0.717) is 0 Å². The van der Waals surface area contributed by atoms with Crippen LogP contribution in [0.15, 0.2) is 18.2 Å². The van der Waals surface area contributed by atoms with Crippen LogP contribution in [0.4, 0.5) is 5.69 Å². The van der Waals surface area contributed by atoms with E-state index in [-0.39, 0.29) is 0 Å². The number of aryl methyl sites for hydroxylation is 1. The number of nitrogens with one attached hydrogen (secondary N) is 1. The number of hydrogen-bond acceptors (Lipinski definition) is 3. The zero-order valence-corrected chi connectivity index (χ0v) is 11.2. The van der Waals surface area contributed by atoms with Crippen molar-refractivity contribution < 1.29 is 0 Å². The molecule has 0 bridgehead atoms. The van der Waals surface area contributed by atoms with Crippen LogP contribution < -0.4 is 10.2 Å². The molecule has 1 N–H and O–H groups in total. The van der Waals surface area contributed by atoms with E-state index in [0.717, 1.165) is 32.7 Å². The number of rotatable bonds is 3. The number of hydrogen-bond donors (Lipinski definition) is 1. The summed E-state index contributed by atoms with van der Waals surface area (Å²) in [6.07, 6.45) is 0. The zero-order chi connectivity index (χ0) is 12.3. The van der Waals surface area contributed by atoms with Gasteiger partial charge in [-0.05, 0) is 38.2 Å². The second-order valence-electron chi connectivity index (χ2n) is 4.94. The molecule has 1 aliphatic rings. The lowest BCUT2D eigenvalue weighted by atomic mass is 10.1. The molecular formula is C14H23N3. The van der Waals surface area contributed by atoms with E-state index in [9.17, 15) is 0 Å². The van der Waals surface area contributed by atoms with E-state index >= 15 is 0 Å². The second-order valence-corrected chi connectivity index (χ2v) is 4.94. The highest BCUT2D eigenvalue weighted by Crippen LogP contribution is 2.22. The Labute approximate surface area is 104 Å². The molecule has 1 aromatic carbocycles. The Bertz CT molecular complexity index is 368. The molecule has 0 unspecified atom stereocenters. The molecule has 1 aromatic rings. The van der Waals surface area contributed by atoms with Crippen LogP contribution in [-0.2, 0) is 6.54 Å². The van der Waals surface area contributed by atoms with E-state index in [1.165, 1.54) is 16.8 Å². The third-order valence-electron chi connectivity index (χ3n) is 3.49. The Balaban J connectivity index is 2.10. The summed E-state index contributed by atoms with van der Waals surface area (Å²) in [5.41, 5.74) is 4.16. The van der Waals surface area contributed by atoms with E-state index in [2.05, 4.69) is 47.3 Å². The maximum absolute atomic E-state index is 3.20. The predicted molar refractivity (Wildman–Crippen MR) is 73.7 cm³/mol. The van der Waals surface area contributed by atoms with Gasteiger partial charge in [0.1, 0.15) is 0 Å². The number of nitrogens with zero attached hydrogens (tertiary/aromatic N) is 2. The van der Waals surface area contributed by atoms with Gasteiger partial charge in [0.2, 0.25) is 0 Å². The molecule has 1 fully saturated rings. The molecule has 0 aliphatic carbocycles. The first-order chi connectivity index (χ1) is 8.20. The Morgan fingerprint density at radius 2 is 1.88 bits per heavy atom. The fraction of sp³-hybridized carbons (Fsp3) is 0.571. The first-order valence-corrected chi connectivity index (χ1v) is 6.38. The van der Waals surface area contributed by atoms with Gasteiger partial charge in [0.05, 0.1) is 0 Å². The first kappa shape index (κ1) is 12.4. The summed E-state index contributed by atoms with van der Waals surface area (Å²) in [6, 6.07) is 6.80. The number of anilines is 1. The fourth-order valence-electron chi connectivity index (χ4n) is 2.43. The summed E-state index contributed by atoms with van der Waals surface area (Å²) < 4.78 is 0. The molecule has 17 heavy (non-hydrogen) atoms. The number of likely N-dealkylation sites (N-methyl/N-ethyl adjacent to an activating group) is 1. The van der Waals surface area contributed by atoms with Gasteiger partial charge in [-0.3, -0.25) is 0 Å². The average Bonchev–Trinajstić information content (AvgIpc) is 2.31. The molecule has 0 radical (unpaired) electrons. The van der Waals surface area contributed by atoms with Crippen molar-refractivity contribution in [2.45, 2.75) is 13.5 Å². The summed E-state index contributed by atoms with van der Waals surface area (Å²) in [6.45, 7) is 7.78. The lowest BCUT2D eigenvalue weighted by Gasteiger charge is -2.35. The molecule has 0 spiro atoms. The topological polar surface area (TPSA) is 18.5 Å². The van der Waals surface area contributed by atoms with Gasteiger partial charge in [0, 0.05) is 38.4 Å². The normalized spacial score (nSPS) is 17.5. The van der Waals surface area contributed by atoms with Crippen molar-refractivity contribution in [3.63, 3.8) is 0 Å². The smallest absolute Gasteiger partial charge is 0.0397 e. The molecule has 0 saturated carbocycles. The van der Waals surface area contributed by atoms with Gasteiger partial charge in [0.25, 0.3) is 0 Å². The Kier molecular flexibility index (Phi) is 4.02. The summed E-state index contributed by atoms with van der Waals surface area (Å²) in [5, 5.41) is 3.20. The van der Waals surface area contributed by atoms with Crippen molar-refractivity contribution in [1.82, 2.24) is 10.2 Å². The quantitative estimate of drug-likeness (QED) is 0.853. The second kappa shape index (κ2) is 5.52. The van der Waals surface area contributed by atoms with Crippen LogP contribution in [0.5, 0.6) is 0 Å². The number of piperazine rings is 1. The standard InChI is InChI=1S/C14H23N3/c1-12-10-13(11-15-2)4-5-14(12)17-8-6-16(3)7-9-17/h4-5,10,15H,6-9,11H2,1-3H3. The SMILES string of the molecule is CNCc1ccc(N2CCN(C)CC2)c(C)c1. The molecule has 1 aliphatic heterocycles. The summed E-state index contributed by atoms with van der Waals surface area (Å²) in [5.74, 6) is 0. The van der Waals surface area contributed by atoms with Crippen molar-refractivity contribution in [2.75, 3.05) is 45.2 Å². The van der Waals surface area contributed by atoms with E-state index in [1.807, 2.05) is 7.05 Å². The molecule has 2 rings (SSSR count). The van der Waals surface area contributed by atoms with Gasteiger partial charge in [-0.1, -0.05) is 12.1 Å². The molecule has 0 atom stereocenters. The van der Waals surface area contributed by atoms with Crippen molar-refractivity contribution >= 4 is 5.69 Å². The molecule has 0 aromatic heterocycles. The van der Waals surface area contributed by atoms with E-state index in [4.69, 9.17) is 0 Å². The Morgan fingerprint density at radius 1 is 1.18 bits per heavy atom. The lowest BCUT2D eigenvalue weighted by Crippen LogP contribution is -2.44. The third-order valence-corrected chi connectivity index (χ3v) is 3.49. The van der Waals surface area contributed by atoms with Gasteiger partial charge < -0.3 is 15.1 Å². The molecule has 94 valence electrons. The molecule has 1 saturated heterocycles. The first-order valence-electron chi connectivity index (χ1n) is 6.38. The summed E-state index contributed by atoms with van der Waals surface area (Å²) in [7, 11) is 4.18. The molecule has 3 heteroatoms. The van der Waals surface area contributed by atoms with Gasteiger partial charge in [-0.15, -0.1) is 0 Å². The number of benzene rings is 1. The zero-order valence-electron chi connectivity index (χ0n) is 11.2. The fourth-order valence-corrected chi connectivity index (χ4v) is 2.43. The van der Waals surface area contributed by atoms with Gasteiger partial charge >= 0.3 is 0 Å². The van der Waals surface area contributed by atoms with Crippen LogP contribution in [0, 0.1) is 6.92 Å². The highest BCUT2D eigenvalue weighted by Gasteiger charge is 2.15.